The second kappa shape index (κ2) is 11.7. The molecule has 0 saturated heterocycles. The Labute approximate surface area is 202 Å². The lowest BCUT2D eigenvalue weighted by Crippen LogP contribution is -2.56. The molecule has 1 aromatic heterocycles. The summed E-state index contributed by atoms with van der Waals surface area (Å²) in [5.41, 5.74) is -0.404. The molecule has 0 spiro atoms. The molecule has 0 unspecified atom stereocenters. The first-order valence-corrected chi connectivity index (χ1v) is 11.9. The molecule has 0 aliphatic rings. The third kappa shape index (κ3) is 8.59. The molecule has 2 rings (SSSR count). The van der Waals surface area contributed by atoms with Crippen molar-refractivity contribution in [3.63, 3.8) is 0 Å². The van der Waals surface area contributed by atoms with Gasteiger partial charge in [0.15, 0.2) is 5.69 Å². The summed E-state index contributed by atoms with van der Waals surface area (Å²) in [4.78, 5) is 27.8. The summed E-state index contributed by atoms with van der Waals surface area (Å²) in [5, 5.41) is 35.0. The van der Waals surface area contributed by atoms with Gasteiger partial charge in [-0.15, -0.1) is 0 Å². The number of nitrogens with one attached hydrogen (secondary N) is 3. The van der Waals surface area contributed by atoms with Gasteiger partial charge in [0, 0.05) is 15.8 Å². The number of nitrogens with zero attached hydrogens (tertiary/aromatic N) is 2. The number of carbonyl (C=O) groups excluding carboxylic acids is 2. The molecule has 0 aliphatic carbocycles. The van der Waals surface area contributed by atoms with Gasteiger partial charge in [-0.25, -0.2) is 21.9 Å². The van der Waals surface area contributed by atoms with Crippen molar-refractivity contribution in [3.05, 3.63) is 47.4 Å². The fourth-order valence-electron chi connectivity index (χ4n) is 3.16. The molecule has 0 bridgehead atoms. The number of sulfonamides is 1. The van der Waals surface area contributed by atoms with Crippen LogP contribution in [0.25, 0.3) is 0 Å². The summed E-state index contributed by atoms with van der Waals surface area (Å²) >= 11 is 0. The van der Waals surface area contributed by atoms with Crippen molar-refractivity contribution in [3.8, 4) is 6.07 Å². The zero-order chi connectivity index (χ0) is 26.3. The van der Waals surface area contributed by atoms with Crippen LogP contribution in [0.1, 0.15) is 32.2 Å². The number of oxazole rings is 1. The van der Waals surface area contributed by atoms with Gasteiger partial charge in [-0.3, -0.25) is 9.59 Å². The number of nitriles is 1. The standard InChI is InChI=1S/C20H23F2N5O7S.2H2/c1-10(28)24-14(3-4-23)17(29)18(30)15(7-11-5-12(21)8-13(22)6-11)25-19(31)16-9-34-20(26-16)27-35(2,32)33;;/h5-6,8-9,14-15,17-18,29-30H,3,7H2,1-2H3,(H,24,28)(H,25,31)(H,26,27);2*1H/t14-,15+,17-,18-;;/m1../s1. The Kier molecular flexibility index (Phi) is 9.23. The maximum Gasteiger partial charge on any atom is 0.309 e. The van der Waals surface area contributed by atoms with E-state index < -0.39 is 75.9 Å². The minimum Gasteiger partial charge on any atom is -0.431 e. The van der Waals surface area contributed by atoms with Crippen molar-refractivity contribution in [1.29, 1.82) is 5.26 Å². The maximum absolute atomic E-state index is 13.7. The molecular weight excluding hydrogens is 492 g/mol. The Bertz CT molecular complexity index is 1210. The summed E-state index contributed by atoms with van der Waals surface area (Å²) in [5.74, 6) is -3.43. The number of hydrogen-bond donors (Lipinski definition) is 5. The maximum atomic E-state index is 13.7. The lowest BCUT2D eigenvalue weighted by atomic mass is 9.92. The van der Waals surface area contributed by atoms with Crippen molar-refractivity contribution < 1.29 is 44.3 Å². The van der Waals surface area contributed by atoms with E-state index in [1.165, 1.54) is 0 Å². The van der Waals surface area contributed by atoms with Crippen LogP contribution in [-0.2, 0) is 21.2 Å². The Morgan fingerprint density at radius 1 is 1.17 bits per heavy atom. The first-order valence-electron chi connectivity index (χ1n) is 9.98. The first kappa shape index (κ1) is 27.6. The Balaban J connectivity index is 0.00000648. The second-order valence-corrected chi connectivity index (χ2v) is 9.37. The molecule has 1 heterocycles. The predicted octanol–water partition coefficient (Wildman–Crippen LogP) is 0.298. The van der Waals surface area contributed by atoms with E-state index in [-0.39, 0.29) is 14.8 Å². The van der Waals surface area contributed by atoms with Gasteiger partial charge in [0.2, 0.25) is 15.9 Å². The zero-order valence-corrected chi connectivity index (χ0v) is 19.3. The van der Waals surface area contributed by atoms with Gasteiger partial charge in [0.05, 0.1) is 30.8 Å². The van der Waals surface area contributed by atoms with E-state index in [9.17, 15) is 37.0 Å². The van der Waals surface area contributed by atoms with Gasteiger partial charge < -0.3 is 25.3 Å². The van der Waals surface area contributed by atoms with Crippen LogP contribution in [-0.4, -0.2) is 66.0 Å². The number of benzene rings is 1. The van der Waals surface area contributed by atoms with E-state index in [2.05, 4.69) is 15.6 Å². The number of aliphatic hydroxyl groups excluding tert-OH is 2. The highest BCUT2D eigenvalue weighted by molar-refractivity contribution is 7.91. The van der Waals surface area contributed by atoms with Crippen LogP contribution in [0.3, 0.4) is 0 Å². The molecule has 2 amide bonds. The van der Waals surface area contributed by atoms with E-state index in [1.54, 1.807) is 6.07 Å². The Hall–Kier alpha value is -3.61. The number of aliphatic hydroxyl groups is 2. The summed E-state index contributed by atoms with van der Waals surface area (Å²) in [6.07, 6.45) is -2.74. The summed E-state index contributed by atoms with van der Waals surface area (Å²) < 4.78 is 56.7. The van der Waals surface area contributed by atoms with Gasteiger partial charge in [0.25, 0.3) is 5.91 Å². The topological polar surface area (TPSA) is 195 Å². The van der Waals surface area contributed by atoms with Crippen molar-refractivity contribution in [2.75, 3.05) is 11.0 Å². The molecule has 2 aromatic rings. The molecule has 0 aliphatic heterocycles. The molecule has 5 N–H and O–H groups in total. The van der Waals surface area contributed by atoms with Crippen LogP contribution in [0.5, 0.6) is 0 Å². The third-order valence-corrected chi connectivity index (χ3v) is 5.12. The molecule has 4 atom stereocenters. The van der Waals surface area contributed by atoms with Crippen molar-refractivity contribution in [1.82, 2.24) is 15.6 Å². The number of aromatic nitrogens is 1. The van der Waals surface area contributed by atoms with Crippen molar-refractivity contribution >= 4 is 27.9 Å². The van der Waals surface area contributed by atoms with Crippen LogP contribution in [0.15, 0.2) is 28.9 Å². The highest BCUT2D eigenvalue weighted by Crippen LogP contribution is 2.17. The number of anilines is 1. The molecule has 1 aromatic carbocycles. The lowest BCUT2D eigenvalue weighted by molar-refractivity contribution is -0.121. The van der Waals surface area contributed by atoms with Crippen LogP contribution < -0.4 is 15.4 Å². The number of halogens is 2. The smallest absolute Gasteiger partial charge is 0.309 e. The highest BCUT2D eigenvalue weighted by atomic mass is 32.2. The zero-order valence-electron chi connectivity index (χ0n) is 18.5. The minimum absolute atomic E-state index is 0. The molecule has 0 fully saturated rings. The molecule has 194 valence electrons. The van der Waals surface area contributed by atoms with Crippen LogP contribution in [0.4, 0.5) is 14.8 Å². The van der Waals surface area contributed by atoms with Crippen LogP contribution >= 0.6 is 0 Å². The molecule has 15 heteroatoms. The predicted molar refractivity (Wildman–Crippen MR) is 120 cm³/mol. The van der Waals surface area contributed by atoms with E-state index in [0.717, 1.165) is 31.6 Å². The average Bonchev–Trinajstić information content (AvgIpc) is 3.17. The molecular formula is C20H27F2N5O7S. The van der Waals surface area contributed by atoms with E-state index in [4.69, 9.17) is 9.68 Å². The monoisotopic (exact) mass is 519 g/mol. The van der Waals surface area contributed by atoms with Gasteiger partial charge in [-0.1, -0.05) is 0 Å². The number of carbonyl (C=O) groups is 2. The second-order valence-electron chi connectivity index (χ2n) is 7.62. The quantitative estimate of drug-likeness (QED) is 0.277. The van der Waals surface area contributed by atoms with Gasteiger partial charge >= 0.3 is 6.01 Å². The van der Waals surface area contributed by atoms with E-state index in [0.29, 0.717) is 6.07 Å². The first-order chi connectivity index (χ1) is 16.3. The van der Waals surface area contributed by atoms with Gasteiger partial charge in [-0.05, 0) is 24.1 Å². The number of hydrogen-bond acceptors (Lipinski definition) is 9. The largest absolute Gasteiger partial charge is 0.431 e. The SMILES string of the molecule is CC(=O)N[C@H](CC#N)[C@@H](O)[C@H](O)[C@H](Cc1cc(F)cc(F)c1)NC(=O)c1coc(NS(C)(=O)=O)n1.[HH].[HH]. The Morgan fingerprint density at radius 2 is 1.77 bits per heavy atom. The summed E-state index contributed by atoms with van der Waals surface area (Å²) in [6, 6.07) is 1.12. The van der Waals surface area contributed by atoms with E-state index >= 15 is 0 Å². The summed E-state index contributed by atoms with van der Waals surface area (Å²) in [7, 11) is -3.75. The van der Waals surface area contributed by atoms with Gasteiger partial charge in [-0.2, -0.15) is 10.2 Å². The van der Waals surface area contributed by atoms with Crippen molar-refractivity contribution in [2.45, 2.75) is 44.1 Å². The highest BCUT2D eigenvalue weighted by Gasteiger charge is 2.34. The normalized spacial score (nSPS) is 14.8. The van der Waals surface area contributed by atoms with E-state index in [1.807, 2.05) is 4.72 Å². The van der Waals surface area contributed by atoms with Crippen molar-refractivity contribution in [2.24, 2.45) is 0 Å². The third-order valence-electron chi connectivity index (χ3n) is 4.58. The number of rotatable bonds is 11. The van der Waals surface area contributed by atoms with Gasteiger partial charge in [0.1, 0.15) is 30.1 Å². The fourth-order valence-corrected chi connectivity index (χ4v) is 3.57. The number of amides is 2. The molecule has 12 nitrogen and oxygen atoms in total. The molecule has 0 radical (unpaired) electrons. The van der Waals surface area contributed by atoms with Crippen LogP contribution in [0.2, 0.25) is 0 Å². The fraction of sp³-hybridized carbons (Fsp3) is 0.400. The molecule has 35 heavy (non-hydrogen) atoms. The minimum atomic E-state index is -3.75. The Morgan fingerprint density at radius 3 is 2.31 bits per heavy atom. The van der Waals surface area contributed by atoms with Crippen LogP contribution in [0, 0.1) is 23.0 Å². The summed E-state index contributed by atoms with van der Waals surface area (Å²) in [6.45, 7) is 1.13. The average molecular weight is 520 g/mol. The molecule has 0 saturated carbocycles. The lowest BCUT2D eigenvalue weighted by Gasteiger charge is -2.31.